The van der Waals surface area contributed by atoms with Gasteiger partial charge in [0.15, 0.2) is 0 Å². The number of hydrogen-bond donors (Lipinski definition) is 3. The third kappa shape index (κ3) is 9.21. The zero-order valence-electron chi connectivity index (χ0n) is 9.16. The number of carboxylic acids is 1. The highest BCUT2D eigenvalue weighted by atomic mass is 16.4. The Morgan fingerprint density at radius 1 is 1.27 bits per heavy atom. The minimum atomic E-state index is -0.750. The first-order chi connectivity index (χ1) is 7.04. The monoisotopic (exact) mass is 216 g/mol. The fourth-order valence-corrected chi connectivity index (χ4v) is 1.13. The fourth-order valence-electron chi connectivity index (χ4n) is 1.13. The van der Waals surface area contributed by atoms with E-state index in [1.807, 2.05) is 0 Å². The minimum absolute atomic E-state index is 0.138. The van der Waals surface area contributed by atoms with Crippen LogP contribution in [-0.4, -0.2) is 29.6 Å². The number of carboxylic acid groups (broad SMARTS) is 1. The molecule has 0 spiro atoms. The van der Waals surface area contributed by atoms with E-state index < -0.39 is 12.0 Å². The molecule has 4 N–H and O–H groups in total. The highest BCUT2D eigenvalue weighted by Crippen LogP contribution is 2.01. The molecule has 0 saturated carbocycles. The van der Waals surface area contributed by atoms with E-state index in [9.17, 15) is 9.59 Å². The van der Waals surface area contributed by atoms with Gasteiger partial charge in [0.2, 0.25) is 5.91 Å². The molecule has 0 aliphatic heterocycles. The van der Waals surface area contributed by atoms with E-state index in [1.165, 1.54) is 0 Å². The number of unbranched alkanes of at least 4 members (excludes halogenated alkanes) is 3. The molecule has 0 unspecified atom stereocenters. The Bertz CT molecular complexity index is 205. The summed E-state index contributed by atoms with van der Waals surface area (Å²) in [7, 11) is 0. The Labute approximate surface area is 90.0 Å². The van der Waals surface area contributed by atoms with Crippen molar-refractivity contribution >= 4 is 11.9 Å². The highest BCUT2D eigenvalue weighted by Gasteiger charge is 2.04. The second kappa shape index (κ2) is 8.23. The van der Waals surface area contributed by atoms with Crippen LogP contribution in [-0.2, 0) is 9.59 Å². The van der Waals surface area contributed by atoms with Gasteiger partial charge in [-0.25, -0.2) is 0 Å². The van der Waals surface area contributed by atoms with E-state index in [2.05, 4.69) is 5.32 Å². The molecule has 5 heteroatoms. The lowest BCUT2D eigenvalue weighted by molar-refractivity contribution is -0.137. The number of aliphatic carboxylic acids is 1. The predicted molar refractivity (Wildman–Crippen MR) is 57.4 cm³/mol. The van der Waals surface area contributed by atoms with Crippen molar-refractivity contribution in [2.75, 3.05) is 6.54 Å². The summed E-state index contributed by atoms with van der Waals surface area (Å²) in [6.07, 6.45) is 3.63. The van der Waals surface area contributed by atoms with Crippen LogP contribution in [0.1, 0.15) is 39.0 Å². The normalized spacial score (nSPS) is 12.1. The molecule has 0 heterocycles. The van der Waals surface area contributed by atoms with Crippen molar-refractivity contribution in [1.29, 1.82) is 0 Å². The van der Waals surface area contributed by atoms with E-state index in [-0.39, 0.29) is 12.3 Å². The Morgan fingerprint density at radius 3 is 2.40 bits per heavy atom. The van der Waals surface area contributed by atoms with Crippen LogP contribution < -0.4 is 11.1 Å². The first-order valence-electron chi connectivity index (χ1n) is 5.29. The summed E-state index contributed by atoms with van der Waals surface area (Å²) in [5.74, 6) is -0.888. The van der Waals surface area contributed by atoms with Crippen molar-refractivity contribution in [3.05, 3.63) is 0 Å². The lowest BCUT2D eigenvalue weighted by Crippen LogP contribution is -2.38. The van der Waals surface area contributed by atoms with Gasteiger partial charge in [-0.05, 0) is 19.8 Å². The van der Waals surface area contributed by atoms with Crippen LogP contribution in [0.4, 0.5) is 0 Å². The van der Waals surface area contributed by atoms with Crippen LogP contribution in [0.25, 0.3) is 0 Å². The average molecular weight is 216 g/mol. The molecule has 88 valence electrons. The van der Waals surface area contributed by atoms with Crippen LogP contribution in [0.5, 0.6) is 0 Å². The van der Waals surface area contributed by atoms with Gasteiger partial charge < -0.3 is 16.2 Å². The number of hydrogen-bond acceptors (Lipinski definition) is 3. The Hall–Kier alpha value is -1.10. The molecule has 0 fully saturated rings. The third-order valence-corrected chi connectivity index (χ3v) is 2.03. The lowest BCUT2D eigenvalue weighted by atomic mass is 10.1. The first kappa shape index (κ1) is 13.9. The average Bonchev–Trinajstić information content (AvgIpc) is 2.15. The Morgan fingerprint density at radius 2 is 1.87 bits per heavy atom. The van der Waals surface area contributed by atoms with Gasteiger partial charge in [0.05, 0.1) is 6.04 Å². The molecule has 0 aromatic carbocycles. The van der Waals surface area contributed by atoms with Gasteiger partial charge in [-0.1, -0.05) is 12.8 Å². The third-order valence-electron chi connectivity index (χ3n) is 2.03. The second-order valence-corrected chi connectivity index (χ2v) is 3.64. The highest BCUT2D eigenvalue weighted by molar-refractivity contribution is 5.80. The van der Waals surface area contributed by atoms with E-state index in [4.69, 9.17) is 10.8 Å². The molecule has 0 saturated heterocycles. The molecular formula is C10H20N2O3. The molecule has 0 bridgehead atoms. The van der Waals surface area contributed by atoms with Gasteiger partial charge in [-0.3, -0.25) is 9.59 Å². The van der Waals surface area contributed by atoms with Crippen molar-refractivity contribution in [2.24, 2.45) is 5.73 Å². The predicted octanol–water partition coefficient (Wildman–Crippen LogP) is 0.485. The van der Waals surface area contributed by atoms with Crippen LogP contribution >= 0.6 is 0 Å². The molecule has 1 atom stereocenters. The maximum atomic E-state index is 11.0. The number of carbonyl (C=O) groups is 2. The zero-order valence-corrected chi connectivity index (χ0v) is 9.16. The zero-order chi connectivity index (χ0) is 11.7. The summed E-state index contributed by atoms with van der Waals surface area (Å²) in [5.41, 5.74) is 5.35. The molecule has 0 aromatic heterocycles. The van der Waals surface area contributed by atoms with Crippen LogP contribution in [0.2, 0.25) is 0 Å². The van der Waals surface area contributed by atoms with Gasteiger partial charge in [0, 0.05) is 13.0 Å². The number of rotatable bonds is 8. The lowest BCUT2D eigenvalue weighted by Gasteiger charge is -2.06. The van der Waals surface area contributed by atoms with E-state index >= 15 is 0 Å². The summed E-state index contributed by atoms with van der Waals surface area (Å²) in [6.45, 7) is 2.26. The maximum absolute atomic E-state index is 11.0. The Kier molecular flexibility index (Phi) is 7.62. The van der Waals surface area contributed by atoms with Gasteiger partial charge in [0.1, 0.15) is 0 Å². The fraction of sp³-hybridized carbons (Fsp3) is 0.800. The van der Waals surface area contributed by atoms with Crippen LogP contribution in [0.3, 0.4) is 0 Å². The van der Waals surface area contributed by atoms with E-state index in [0.717, 1.165) is 19.3 Å². The number of nitrogens with one attached hydrogen (secondary N) is 1. The molecule has 0 radical (unpaired) electrons. The van der Waals surface area contributed by atoms with Crippen molar-refractivity contribution in [3.63, 3.8) is 0 Å². The van der Waals surface area contributed by atoms with Crippen LogP contribution in [0.15, 0.2) is 0 Å². The van der Waals surface area contributed by atoms with Crippen molar-refractivity contribution in [2.45, 2.75) is 45.1 Å². The molecule has 0 aliphatic carbocycles. The summed E-state index contributed by atoms with van der Waals surface area (Å²) in [5, 5.41) is 11.1. The molecule has 0 rings (SSSR count). The van der Waals surface area contributed by atoms with E-state index in [0.29, 0.717) is 13.0 Å². The second-order valence-electron chi connectivity index (χ2n) is 3.64. The standard InChI is InChI=1S/C10H20N2O3/c1-8(11)10(15)12-7-5-3-2-4-6-9(13)14/h8H,2-7,11H2,1H3,(H,12,15)(H,13,14)/t8-/m0/s1. The quantitative estimate of drug-likeness (QED) is 0.515. The van der Waals surface area contributed by atoms with Gasteiger partial charge >= 0.3 is 5.97 Å². The number of amides is 1. The topological polar surface area (TPSA) is 92.4 Å². The number of nitrogens with two attached hydrogens (primary N) is 1. The molecule has 0 aliphatic rings. The summed E-state index contributed by atoms with van der Waals surface area (Å²) in [4.78, 5) is 21.2. The molecule has 5 nitrogen and oxygen atoms in total. The number of carbonyl (C=O) groups excluding carboxylic acids is 1. The summed E-state index contributed by atoms with van der Waals surface area (Å²) >= 11 is 0. The van der Waals surface area contributed by atoms with Gasteiger partial charge in [-0.15, -0.1) is 0 Å². The van der Waals surface area contributed by atoms with Gasteiger partial charge in [0.25, 0.3) is 0 Å². The smallest absolute Gasteiger partial charge is 0.303 e. The summed E-state index contributed by atoms with van der Waals surface area (Å²) < 4.78 is 0. The molecule has 1 amide bonds. The largest absolute Gasteiger partial charge is 0.481 e. The van der Waals surface area contributed by atoms with Gasteiger partial charge in [-0.2, -0.15) is 0 Å². The van der Waals surface area contributed by atoms with Crippen LogP contribution in [0, 0.1) is 0 Å². The first-order valence-corrected chi connectivity index (χ1v) is 5.29. The molecule has 0 aromatic rings. The van der Waals surface area contributed by atoms with Crippen molar-refractivity contribution in [3.8, 4) is 0 Å². The Balaban J connectivity index is 3.18. The van der Waals surface area contributed by atoms with Crippen molar-refractivity contribution < 1.29 is 14.7 Å². The minimum Gasteiger partial charge on any atom is -0.481 e. The molecule has 15 heavy (non-hydrogen) atoms. The maximum Gasteiger partial charge on any atom is 0.303 e. The van der Waals surface area contributed by atoms with Crippen molar-refractivity contribution in [1.82, 2.24) is 5.32 Å². The van der Waals surface area contributed by atoms with E-state index in [1.54, 1.807) is 6.92 Å². The molecular weight excluding hydrogens is 196 g/mol. The SMILES string of the molecule is C[C@H](N)C(=O)NCCCCCCC(=O)O. The summed E-state index contributed by atoms with van der Waals surface area (Å²) in [6, 6.07) is -0.461.